The summed E-state index contributed by atoms with van der Waals surface area (Å²) in [5.41, 5.74) is 7.17. The van der Waals surface area contributed by atoms with Crippen molar-refractivity contribution in [3.8, 4) is 17.0 Å². The van der Waals surface area contributed by atoms with Gasteiger partial charge in [0, 0.05) is 17.8 Å². The van der Waals surface area contributed by atoms with Crippen molar-refractivity contribution >= 4 is 12.4 Å². The molecule has 0 aliphatic heterocycles. The molecule has 0 amide bonds. The number of nitrogens with two attached hydrogens (primary N) is 1. The third-order valence-electron chi connectivity index (χ3n) is 2.38. The Bertz CT molecular complexity index is 516. The molecule has 0 aliphatic carbocycles. The van der Waals surface area contributed by atoms with Crippen molar-refractivity contribution in [3.05, 3.63) is 35.8 Å². The molecule has 3 N–H and O–H groups in total. The van der Waals surface area contributed by atoms with E-state index >= 15 is 0 Å². The van der Waals surface area contributed by atoms with Crippen molar-refractivity contribution in [2.45, 2.75) is 13.5 Å². The van der Waals surface area contributed by atoms with Gasteiger partial charge in [-0.2, -0.15) is 5.10 Å². The maximum absolute atomic E-state index is 13.7. The number of nitrogens with one attached hydrogen (secondary N) is 1. The van der Waals surface area contributed by atoms with Crippen LogP contribution in [-0.2, 0) is 6.54 Å². The number of halogens is 2. The fourth-order valence-electron chi connectivity index (χ4n) is 1.56. The van der Waals surface area contributed by atoms with E-state index in [4.69, 9.17) is 10.5 Å². The first-order valence-corrected chi connectivity index (χ1v) is 5.41. The Balaban J connectivity index is 0.00000162. The Hall–Kier alpha value is -1.59. The average Bonchev–Trinajstić information content (AvgIpc) is 2.80. The van der Waals surface area contributed by atoms with Gasteiger partial charge in [0.15, 0.2) is 0 Å². The van der Waals surface area contributed by atoms with Crippen LogP contribution in [0.4, 0.5) is 4.39 Å². The first kappa shape index (κ1) is 14.5. The van der Waals surface area contributed by atoms with Gasteiger partial charge in [0.25, 0.3) is 0 Å². The minimum absolute atomic E-state index is 0. The number of H-pyrrole nitrogens is 1. The third-order valence-corrected chi connectivity index (χ3v) is 2.38. The van der Waals surface area contributed by atoms with Gasteiger partial charge in [0.1, 0.15) is 11.6 Å². The minimum atomic E-state index is -0.330. The summed E-state index contributed by atoms with van der Waals surface area (Å²) < 4.78 is 19.0. The average molecular weight is 272 g/mol. The zero-order chi connectivity index (χ0) is 12.3. The number of rotatable bonds is 4. The first-order chi connectivity index (χ1) is 8.24. The Labute approximate surface area is 111 Å². The highest BCUT2D eigenvalue weighted by Crippen LogP contribution is 2.26. The van der Waals surface area contributed by atoms with E-state index in [-0.39, 0.29) is 18.2 Å². The molecule has 0 fully saturated rings. The molecular formula is C12H15ClFN3O. The van der Waals surface area contributed by atoms with Crippen LogP contribution in [0.1, 0.15) is 12.6 Å². The molecule has 98 valence electrons. The van der Waals surface area contributed by atoms with Crippen LogP contribution < -0.4 is 10.5 Å². The highest BCUT2D eigenvalue weighted by molar-refractivity contribution is 5.85. The van der Waals surface area contributed by atoms with Crippen molar-refractivity contribution < 1.29 is 9.13 Å². The van der Waals surface area contributed by atoms with E-state index in [1.165, 1.54) is 6.07 Å². The van der Waals surface area contributed by atoms with Crippen molar-refractivity contribution in [2.75, 3.05) is 6.61 Å². The van der Waals surface area contributed by atoms with Crippen LogP contribution in [0.25, 0.3) is 11.3 Å². The van der Waals surface area contributed by atoms with Gasteiger partial charge in [-0.15, -0.1) is 12.4 Å². The smallest absolute Gasteiger partial charge is 0.132 e. The zero-order valence-electron chi connectivity index (χ0n) is 9.94. The summed E-state index contributed by atoms with van der Waals surface area (Å²) in [6, 6.07) is 6.33. The molecular weight excluding hydrogens is 257 g/mol. The van der Waals surface area contributed by atoms with E-state index in [1.54, 1.807) is 18.2 Å². The lowest BCUT2D eigenvalue weighted by atomic mass is 10.1. The fourth-order valence-corrected chi connectivity index (χ4v) is 1.56. The van der Waals surface area contributed by atoms with Crippen LogP contribution >= 0.6 is 12.4 Å². The number of hydrogen-bond donors (Lipinski definition) is 2. The highest BCUT2D eigenvalue weighted by atomic mass is 35.5. The van der Waals surface area contributed by atoms with Crippen LogP contribution in [0.2, 0.25) is 0 Å². The molecule has 0 atom stereocenters. The summed E-state index contributed by atoms with van der Waals surface area (Å²) in [6.07, 6.45) is 0. The molecule has 4 nitrogen and oxygen atoms in total. The second-order valence-electron chi connectivity index (χ2n) is 3.56. The number of benzene rings is 1. The van der Waals surface area contributed by atoms with Crippen molar-refractivity contribution in [3.63, 3.8) is 0 Å². The molecule has 0 radical (unpaired) electrons. The summed E-state index contributed by atoms with van der Waals surface area (Å²) in [7, 11) is 0. The van der Waals surface area contributed by atoms with Gasteiger partial charge in [0.05, 0.1) is 12.3 Å². The van der Waals surface area contributed by atoms with E-state index in [0.717, 1.165) is 5.69 Å². The molecule has 1 aromatic carbocycles. The number of aromatic nitrogens is 2. The van der Waals surface area contributed by atoms with Gasteiger partial charge in [-0.25, -0.2) is 4.39 Å². The summed E-state index contributed by atoms with van der Waals surface area (Å²) in [4.78, 5) is 0. The number of hydrogen-bond acceptors (Lipinski definition) is 3. The molecule has 0 saturated carbocycles. The lowest BCUT2D eigenvalue weighted by molar-refractivity contribution is 0.340. The van der Waals surface area contributed by atoms with Gasteiger partial charge in [-0.3, -0.25) is 5.10 Å². The van der Waals surface area contributed by atoms with Crippen LogP contribution in [-0.4, -0.2) is 16.8 Å². The van der Waals surface area contributed by atoms with E-state index in [0.29, 0.717) is 30.2 Å². The Kier molecular flexibility index (Phi) is 5.12. The summed E-state index contributed by atoms with van der Waals surface area (Å²) in [5.74, 6) is 0.296. The molecule has 0 bridgehead atoms. The fraction of sp³-hybridized carbons (Fsp3) is 0.250. The topological polar surface area (TPSA) is 63.9 Å². The maximum atomic E-state index is 13.7. The second kappa shape index (κ2) is 6.37. The SMILES string of the molecule is CCOc1ccc(F)c(-c2cc(CN)[nH]n2)c1.Cl. The summed E-state index contributed by atoms with van der Waals surface area (Å²) in [6.45, 7) is 2.77. The van der Waals surface area contributed by atoms with E-state index in [1.807, 2.05) is 6.92 Å². The van der Waals surface area contributed by atoms with Crippen LogP contribution in [0.3, 0.4) is 0 Å². The minimum Gasteiger partial charge on any atom is -0.494 e. The van der Waals surface area contributed by atoms with Gasteiger partial charge in [0.2, 0.25) is 0 Å². The largest absolute Gasteiger partial charge is 0.494 e. The number of nitrogens with zero attached hydrogens (tertiary/aromatic N) is 1. The second-order valence-corrected chi connectivity index (χ2v) is 3.56. The normalized spacial score (nSPS) is 9.94. The molecule has 6 heteroatoms. The lowest BCUT2D eigenvalue weighted by Crippen LogP contribution is -1.95. The summed E-state index contributed by atoms with van der Waals surface area (Å²) in [5, 5.41) is 6.77. The monoisotopic (exact) mass is 271 g/mol. The van der Waals surface area contributed by atoms with Gasteiger partial charge in [-0.1, -0.05) is 0 Å². The van der Waals surface area contributed by atoms with Crippen LogP contribution in [0.15, 0.2) is 24.3 Å². The van der Waals surface area contributed by atoms with Crippen molar-refractivity contribution in [1.82, 2.24) is 10.2 Å². The molecule has 0 unspecified atom stereocenters. The first-order valence-electron chi connectivity index (χ1n) is 5.41. The van der Waals surface area contributed by atoms with Crippen LogP contribution in [0, 0.1) is 5.82 Å². The lowest BCUT2D eigenvalue weighted by Gasteiger charge is -2.05. The van der Waals surface area contributed by atoms with Crippen LogP contribution in [0.5, 0.6) is 5.75 Å². The molecule has 0 spiro atoms. The van der Waals surface area contributed by atoms with E-state index in [9.17, 15) is 4.39 Å². The molecule has 2 aromatic rings. The maximum Gasteiger partial charge on any atom is 0.132 e. The van der Waals surface area contributed by atoms with Crippen molar-refractivity contribution in [1.29, 1.82) is 0 Å². The third kappa shape index (κ3) is 3.00. The molecule has 1 heterocycles. The predicted octanol–water partition coefficient (Wildman–Crippen LogP) is 2.49. The Morgan fingerprint density at radius 1 is 1.39 bits per heavy atom. The predicted molar refractivity (Wildman–Crippen MR) is 70.3 cm³/mol. The van der Waals surface area contributed by atoms with E-state index < -0.39 is 0 Å². The number of aromatic amines is 1. The standard InChI is InChI=1S/C12H14FN3O.ClH/c1-2-17-9-3-4-11(13)10(6-9)12-5-8(7-14)15-16-12;/h3-6H,2,7,14H2,1H3,(H,15,16);1H. The van der Waals surface area contributed by atoms with Gasteiger partial charge >= 0.3 is 0 Å². The van der Waals surface area contributed by atoms with Gasteiger partial charge in [-0.05, 0) is 31.2 Å². The van der Waals surface area contributed by atoms with Gasteiger partial charge < -0.3 is 10.5 Å². The van der Waals surface area contributed by atoms with Crippen molar-refractivity contribution in [2.24, 2.45) is 5.73 Å². The molecule has 0 saturated heterocycles. The van der Waals surface area contributed by atoms with E-state index in [2.05, 4.69) is 10.2 Å². The molecule has 18 heavy (non-hydrogen) atoms. The zero-order valence-corrected chi connectivity index (χ0v) is 10.8. The molecule has 0 aliphatic rings. The highest BCUT2D eigenvalue weighted by Gasteiger charge is 2.10. The Morgan fingerprint density at radius 3 is 2.78 bits per heavy atom. The quantitative estimate of drug-likeness (QED) is 0.898. The summed E-state index contributed by atoms with van der Waals surface area (Å²) >= 11 is 0. The molecule has 2 rings (SSSR count). The molecule has 1 aromatic heterocycles. The Morgan fingerprint density at radius 2 is 2.17 bits per heavy atom. The number of ether oxygens (including phenoxy) is 1.